The highest BCUT2D eigenvalue weighted by atomic mass is 16.5. The van der Waals surface area contributed by atoms with Gasteiger partial charge in [0.2, 0.25) is 0 Å². The lowest BCUT2D eigenvalue weighted by Gasteiger charge is -2.42. The number of ether oxygens (including phenoxy) is 1. The van der Waals surface area contributed by atoms with E-state index in [2.05, 4.69) is 310 Å². The topological polar surface area (TPSA) is 49.0 Å². The van der Waals surface area contributed by atoms with Gasteiger partial charge in [-0.2, -0.15) is 0 Å². The van der Waals surface area contributed by atoms with Crippen molar-refractivity contribution in [1.82, 2.24) is 14.1 Å². The Kier molecular flexibility index (Phi) is 12.7. The minimum Gasteiger partial charge on any atom is -0.458 e. The molecule has 0 unspecified atom stereocenters. The van der Waals surface area contributed by atoms with E-state index in [1.54, 1.807) is 0 Å². The zero-order valence-electron chi connectivity index (χ0n) is 55.2. The van der Waals surface area contributed by atoms with Gasteiger partial charge in [0.1, 0.15) is 28.5 Å². The molecule has 2 aliphatic rings. The maximum atomic E-state index is 7.11. The molecule has 0 spiro atoms. The number of rotatable bonds is 6. The smallest absolute Gasteiger partial charge is 0.269 e. The summed E-state index contributed by atoms with van der Waals surface area (Å²) in [6.07, 6.45) is 8.36. The number of nitrogens with zero attached hydrogens (tertiary/aromatic N) is 4. The van der Waals surface area contributed by atoms with Gasteiger partial charge in [-0.1, -0.05) is 211 Å². The molecule has 0 radical (unpaired) electrons. The quantitative estimate of drug-likeness (QED) is 0.123. The fraction of sp³-hybridized carbons (Fsp3) is 0.233. The Hall–Kier alpha value is -9.78. The van der Waals surface area contributed by atoms with E-state index in [0.717, 1.165) is 119 Å². The van der Waals surface area contributed by atoms with Crippen LogP contribution < -0.4 is 9.30 Å². The molecule has 0 bridgehead atoms. The van der Waals surface area contributed by atoms with Crippen molar-refractivity contribution < 1.29 is 13.7 Å². The van der Waals surface area contributed by atoms with Crippen LogP contribution in [-0.4, -0.2) is 14.1 Å². The molecule has 5 heterocycles. The summed E-state index contributed by atoms with van der Waals surface area (Å²) in [6, 6.07) is 76.6. The summed E-state index contributed by atoms with van der Waals surface area (Å²) in [5, 5.41) is 4.49. The predicted octanol–water partition coefficient (Wildman–Crippen LogP) is 22.8. The molecule has 1 aliphatic carbocycles. The summed E-state index contributed by atoms with van der Waals surface area (Å²) in [4.78, 5) is 4.99. The van der Waals surface area contributed by atoms with E-state index in [4.69, 9.17) is 14.1 Å². The van der Waals surface area contributed by atoms with Crippen molar-refractivity contribution in [3.63, 3.8) is 0 Å². The molecule has 454 valence electrons. The number of aromatic nitrogens is 4. The van der Waals surface area contributed by atoms with Crippen LogP contribution in [0.2, 0.25) is 0 Å². The van der Waals surface area contributed by atoms with Gasteiger partial charge in [-0.05, 0) is 202 Å². The van der Waals surface area contributed by atoms with Crippen LogP contribution in [0.25, 0.3) is 128 Å². The second kappa shape index (κ2) is 20.4. The highest BCUT2D eigenvalue weighted by Crippen LogP contribution is 2.53. The maximum Gasteiger partial charge on any atom is 0.269 e. The van der Waals surface area contributed by atoms with E-state index in [0.29, 0.717) is 5.75 Å². The van der Waals surface area contributed by atoms with Gasteiger partial charge in [0.25, 0.3) is 6.33 Å². The molecule has 0 saturated carbocycles. The number of fused-ring (bicyclic) bond motifs is 14. The Morgan fingerprint density at radius 1 is 0.435 bits per heavy atom. The van der Waals surface area contributed by atoms with Gasteiger partial charge in [0, 0.05) is 33.8 Å². The van der Waals surface area contributed by atoms with Crippen LogP contribution in [0.4, 0.5) is 0 Å². The summed E-state index contributed by atoms with van der Waals surface area (Å²) in [6.45, 7) is 30.6. The van der Waals surface area contributed by atoms with Crippen LogP contribution in [0, 0.1) is 6.33 Å². The maximum absolute atomic E-state index is 7.11. The first kappa shape index (κ1) is 57.4. The first-order valence-corrected chi connectivity index (χ1v) is 32.8. The molecule has 14 aromatic rings. The van der Waals surface area contributed by atoms with Crippen LogP contribution in [0.3, 0.4) is 0 Å². The fourth-order valence-corrected chi connectivity index (χ4v) is 14.9. The SMILES string of the molecule is CC(C)(C)c1cc(-c2cccc3c2-[n+]2[c-]n(-c4cccc(Oc5ccc6c7ccccc7n(-c7cc(C(C)(C)C)ccn7)c6c5)c4)c4cc(-c5ccc6oc7ccccc7c6c5)cc(c42)-c2ccccc2-c2cc4c(cc2-3)C(C)(C)CCC4(C)C)cc(C(C)(C)C)c1. The van der Waals surface area contributed by atoms with Crippen molar-refractivity contribution in [3.05, 3.63) is 247 Å². The van der Waals surface area contributed by atoms with Crippen LogP contribution in [-0.2, 0) is 27.1 Å². The van der Waals surface area contributed by atoms with Crippen molar-refractivity contribution in [3.8, 4) is 84.3 Å². The Labute approximate surface area is 540 Å². The molecular weight excluding hydrogens is 1120 g/mol. The summed E-state index contributed by atoms with van der Waals surface area (Å²) in [5.41, 5.74) is 25.9. The Morgan fingerprint density at radius 2 is 1.04 bits per heavy atom. The van der Waals surface area contributed by atoms with E-state index in [1.165, 1.54) is 55.5 Å². The zero-order chi connectivity index (χ0) is 63.5. The predicted molar refractivity (Wildman–Crippen MR) is 382 cm³/mol. The van der Waals surface area contributed by atoms with E-state index in [1.807, 2.05) is 12.3 Å². The van der Waals surface area contributed by atoms with Crippen LogP contribution in [0.1, 0.15) is 131 Å². The third kappa shape index (κ3) is 9.34. The highest BCUT2D eigenvalue weighted by Gasteiger charge is 2.39. The number of furan rings is 1. The Bertz CT molecular complexity index is 5350. The van der Waals surface area contributed by atoms with E-state index in [9.17, 15) is 0 Å². The largest absolute Gasteiger partial charge is 0.458 e. The van der Waals surface area contributed by atoms with Crippen LogP contribution >= 0.6 is 0 Å². The summed E-state index contributed by atoms with van der Waals surface area (Å²) < 4.78 is 20.6. The van der Waals surface area contributed by atoms with Gasteiger partial charge in [-0.3, -0.25) is 13.7 Å². The van der Waals surface area contributed by atoms with Gasteiger partial charge in [-0.15, -0.1) is 0 Å². The second-order valence-corrected chi connectivity index (χ2v) is 30.5. The van der Waals surface area contributed by atoms with E-state index >= 15 is 0 Å². The molecule has 0 fully saturated rings. The molecule has 6 heteroatoms. The van der Waals surface area contributed by atoms with Crippen molar-refractivity contribution in [2.45, 2.75) is 130 Å². The molecule has 1 aliphatic heterocycles. The molecule has 92 heavy (non-hydrogen) atoms. The van der Waals surface area contributed by atoms with Gasteiger partial charge >= 0.3 is 0 Å². The number of hydrogen-bond acceptors (Lipinski definition) is 3. The van der Waals surface area contributed by atoms with Crippen molar-refractivity contribution in [1.29, 1.82) is 0 Å². The molecule has 0 atom stereocenters. The summed E-state index contributed by atoms with van der Waals surface area (Å²) in [7, 11) is 0. The fourth-order valence-electron chi connectivity index (χ4n) is 14.9. The molecular formula is C86H78N4O2. The lowest BCUT2D eigenvalue weighted by atomic mass is 9.62. The number of imidazole rings is 1. The molecule has 16 rings (SSSR count). The number of para-hydroxylation sites is 3. The van der Waals surface area contributed by atoms with Crippen molar-refractivity contribution in [2.24, 2.45) is 0 Å². The molecule has 0 amide bonds. The normalized spacial score (nSPS) is 14.4. The Morgan fingerprint density at radius 3 is 1.77 bits per heavy atom. The third-order valence-electron chi connectivity index (χ3n) is 20.3. The molecule has 0 saturated heterocycles. The van der Waals surface area contributed by atoms with E-state index in [-0.39, 0.29) is 27.1 Å². The van der Waals surface area contributed by atoms with E-state index < -0.39 is 0 Å². The molecule has 0 N–H and O–H groups in total. The minimum atomic E-state index is -0.112. The molecule has 6 nitrogen and oxygen atoms in total. The Balaban J connectivity index is 0.981. The highest BCUT2D eigenvalue weighted by molar-refractivity contribution is 6.10. The average molecular weight is 1200 g/mol. The van der Waals surface area contributed by atoms with Crippen molar-refractivity contribution >= 4 is 54.8 Å². The van der Waals surface area contributed by atoms with Crippen LogP contribution in [0.5, 0.6) is 11.5 Å². The standard InChI is InChI=1S/C86H78N4O2/c1-82(2,3)55-36-39-87-79(46-55)90-74-30-18-16-26-64(74)65-34-33-60(48-75(65)90)91-59-23-20-22-58(47-59)88-51-89-80-61(54-40-56(83(4,5)6)45-57(41-54)84(7,8)9)28-21-29-67(80)69-50-73-72(85(10,11)37-38-86(73,12)13)49-68(69)62-24-14-15-25-63(62)71-43-53(44-76(88)81(71)89)52-32-35-78-70(42-52)66-27-17-19-31-77(66)92-78/h14-36,39-50H,37-38H2,1-13H3. The van der Waals surface area contributed by atoms with Gasteiger partial charge in [0.15, 0.2) is 0 Å². The first-order chi connectivity index (χ1) is 43.9. The molecule has 10 aromatic carbocycles. The lowest BCUT2D eigenvalue weighted by molar-refractivity contribution is -0.570. The number of pyridine rings is 1. The summed E-state index contributed by atoms with van der Waals surface area (Å²) >= 11 is 0. The average Bonchev–Trinajstić information content (AvgIpc) is 1.45. The second-order valence-electron chi connectivity index (χ2n) is 30.5. The summed E-state index contributed by atoms with van der Waals surface area (Å²) in [5.74, 6) is 2.31. The van der Waals surface area contributed by atoms with Gasteiger partial charge < -0.3 is 9.15 Å². The monoisotopic (exact) mass is 1200 g/mol. The van der Waals surface area contributed by atoms with Crippen molar-refractivity contribution in [2.75, 3.05) is 0 Å². The molecule has 4 aromatic heterocycles. The van der Waals surface area contributed by atoms with Gasteiger partial charge in [0.05, 0.1) is 33.4 Å². The number of benzene rings is 10. The first-order valence-electron chi connectivity index (χ1n) is 32.8. The zero-order valence-corrected chi connectivity index (χ0v) is 55.2. The third-order valence-corrected chi connectivity index (χ3v) is 20.3. The van der Waals surface area contributed by atoms with Gasteiger partial charge in [-0.25, -0.2) is 4.98 Å². The lowest BCUT2D eigenvalue weighted by Crippen LogP contribution is -2.34. The van der Waals surface area contributed by atoms with Crippen LogP contribution in [0.15, 0.2) is 217 Å². The number of hydrogen-bond donors (Lipinski definition) is 0. The minimum absolute atomic E-state index is 0.0243.